The fraction of sp³-hybridized carbons (Fsp3) is 0.0909. The second-order valence-electron chi connectivity index (χ2n) is 6.46. The lowest BCUT2D eigenvalue weighted by atomic mass is 10.1. The molecule has 5 nitrogen and oxygen atoms in total. The molecule has 3 aromatic rings. The minimum Gasteiger partial charge on any atom is -0.465 e. The van der Waals surface area contributed by atoms with E-state index in [1.54, 1.807) is 60.7 Å². The fourth-order valence-corrected chi connectivity index (χ4v) is 4.84. The lowest BCUT2D eigenvalue weighted by molar-refractivity contribution is 0.0600. The van der Waals surface area contributed by atoms with Gasteiger partial charge in [-0.15, -0.1) is 0 Å². The zero-order valence-electron chi connectivity index (χ0n) is 15.4. The van der Waals surface area contributed by atoms with E-state index >= 15 is 0 Å². The van der Waals surface area contributed by atoms with E-state index in [0.717, 1.165) is 5.56 Å². The van der Waals surface area contributed by atoms with Gasteiger partial charge in [-0.05, 0) is 48.0 Å². The van der Waals surface area contributed by atoms with E-state index in [0.29, 0.717) is 26.1 Å². The van der Waals surface area contributed by atoms with E-state index in [1.165, 1.54) is 12.0 Å². The molecule has 1 amide bonds. The van der Waals surface area contributed by atoms with Crippen LogP contribution in [-0.4, -0.2) is 23.2 Å². The van der Waals surface area contributed by atoms with Crippen molar-refractivity contribution in [3.8, 4) is 0 Å². The van der Waals surface area contributed by atoms with Crippen molar-refractivity contribution < 1.29 is 18.5 Å². The normalized spacial score (nSPS) is 15.3. The van der Waals surface area contributed by atoms with Crippen LogP contribution in [0.5, 0.6) is 0 Å². The Hall–Kier alpha value is -2.96. The summed E-state index contributed by atoms with van der Waals surface area (Å²) in [4.78, 5) is 27.9. The van der Waals surface area contributed by atoms with Crippen LogP contribution in [0.15, 0.2) is 76.5 Å². The molecule has 0 bridgehead atoms. The summed E-state index contributed by atoms with van der Waals surface area (Å²) in [7, 11) is -0.287. The average Bonchev–Trinajstić information content (AvgIpc) is 2.83. The van der Waals surface area contributed by atoms with Crippen LogP contribution in [0.3, 0.4) is 0 Å². The van der Waals surface area contributed by atoms with Crippen molar-refractivity contribution in [2.75, 3.05) is 12.0 Å². The van der Waals surface area contributed by atoms with Gasteiger partial charge in [-0.3, -0.25) is 4.79 Å². The van der Waals surface area contributed by atoms with E-state index < -0.39 is 16.8 Å². The Morgan fingerprint density at radius 3 is 2.59 bits per heavy atom. The van der Waals surface area contributed by atoms with Crippen LogP contribution in [0.2, 0.25) is 5.02 Å². The summed E-state index contributed by atoms with van der Waals surface area (Å²) in [6, 6.07) is 18.7. The molecule has 1 aliphatic rings. The minimum atomic E-state index is -1.58. The molecule has 0 fully saturated rings. The van der Waals surface area contributed by atoms with Gasteiger partial charge in [0.05, 0.1) is 51.1 Å². The van der Waals surface area contributed by atoms with Crippen LogP contribution in [0, 0.1) is 0 Å². The second-order valence-corrected chi connectivity index (χ2v) is 8.31. The summed E-state index contributed by atoms with van der Waals surface area (Å²) in [5, 5.41) is 0.553. The number of carbonyl (C=O) groups excluding carboxylic acids is 2. The summed E-state index contributed by atoms with van der Waals surface area (Å²) in [6.45, 7) is 0.211. The topological polar surface area (TPSA) is 63.7 Å². The smallest absolute Gasteiger partial charge is 0.337 e. The van der Waals surface area contributed by atoms with Gasteiger partial charge in [0, 0.05) is 5.02 Å². The first-order valence-corrected chi connectivity index (χ1v) is 10.3. The summed E-state index contributed by atoms with van der Waals surface area (Å²) in [5.41, 5.74) is 1.86. The third kappa shape index (κ3) is 3.57. The third-order valence-corrected chi connectivity index (χ3v) is 6.40. The summed E-state index contributed by atoms with van der Waals surface area (Å²) >= 11 is 6.11. The zero-order chi connectivity index (χ0) is 20.5. The number of hydrogen-bond acceptors (Lipinski definition) is 4. The number of ether oxygens (including phenoxy) is 1. The summed E-state index contributed by atoms with van der Waals surface area (Å²) in [6.07, 6.45) is 0. The molecule has 3 aromatic carbocycles. The zero-order valence-corrected chi connectivity index (χ0v) is 17.0. The Morgan fingerprint density at radius 1 is 1.03 bits per heavy atom. The lowest BCUT2D eigenvalue weighted by Crippen LogP contribution is -2.30. The monoisotopic (exact) mass is 425 g/mol. The van der Waals surface area contributed by atoms with Crippen LogP contribution in [0.25, 0.3) is 0 Å². The van der Waals surface area contributed by atoms with Crippen molar-refractivity contribution in [1.29, 1.82) is 0 Å². The molecule has 0 saturated heterocycles. The molecule has 1 aliphatic heterocycles. The van der Waals surface area contributed by atoms with E-state index in [1.807, 2.05) is 6.07 Å². The van der Waals surface area contributed by atoms with E-state index in [4.69, 9.17) is 16.3 Å². The van der Waals surface area contributed by atoms with Crippen molar-refractivity contribution in [2.24, 2.45) is 0 Å². The third-order valence-electron chi connectivity index (χ3n) is 4.66. The lowest BCUT2D eigenvalue weighted by Gasteiger charge is -2.23. The summed E-state index contributed by atoms with van der Waals surface area (Å²) < 4.78 is 18.1. The predicted octanol–water partition coefficient (Wildman–Crippen LogP) is 4.45. The number of methoxy groups -OCH3 is 1. The highest BCUT2D eigenvalue weighted by molar-refractivity contribution is 7.85. The molecule has 1 atom stereocenters. The number of anilines is 1. The number of carbonyl (C=O) groups is 2. The number of amides is 1. The number of fused-ring (bicyclic) bond motifs is 2. The first kappa shape index (κ1) is 19.4. The average molecular weight is 426 g/mol. The molecule has 0 N–H and O–H groups in total. The van der Waals surface area contributed by atoms with Crippen LogP contribution >= 0.6 is 11.6 Å². The van der Waals surface area contributed by atoms with Crippen LogP contribution in [0.1, 0.15) is 26.3 Å². The highest BCUT2D eigenvalue weighted by atomic mass is 35.5. The maximum Gasteiger partial charge on any atom is 0.337 e. The molecule has 146 valence electrons. The molecular formula is C22H16ClNO4S. The van der Waals surface area contributed by atoms with E-state index in [-0.39, 0.29) is 18.0 Å². The van der Waals surface area contributed by atoms with Crippen LogP contribution in [-0.2, 0) is 22.1 Å². The van der Waals surface area contributed by atoms with Gasteiger partial charge >= 0.3 is 5.97 Å². The summed E-state index contributed by atoms with van der Waals surface area (Å²) in [5.74, 6) is -0.829. The number of nitrogens with zero attached hydrogens (tertiary/aromatic N) is 1. The Balaban J connectivity index is 1.92. The van der Waals surface area contributed by atoms with Crippen LogP contribution < -0.4 is 4.90 Å². The highest BCUT2D eigenvalue weighted by Gasteiger charge is 2.31. The Kier molecular flexibility index (Phi) is 5.22. The highest BCUT2D eigenvalue weighted by Crippen LogP contribution is 2.36. The Bertz CT molecular complexity index is 1160. The SMILES string of the molecule is COC(=O)c1ccc2c(c1)N(Cc1cccc(Cl)c1)C(=O)c1ccccc1S2=O. The van der Waals surface area contributed by atoms with Gasteiger partial charge in [-0.1, -0.05) is 35.9 Å². The van der Waals surface area contributed by atoms with E-state index in [2.05, 4.69) is 0 Å². The number of halogens is 1. The van der Waals surface area contributed by atoms with Gasteiger partial charge in [0.25, 0.3) is 5.91 Å². The molecule has 0 radical (unpaired) electrons. The van der Waals surface area contributed by atoms with Gasteiger partial charge < -0.3 is 9.64 Å². The molecule has 1 heterocycles. The first-order valence-electron chi connectivity index (χ1n) is 8.79. The molecule has 0 aromatic heterocycles. The number of esters is 1. The van der Waals surface area contributed by atoms with E-state index in [9.17, 15) is 13.8 Å². The van der Waals surface area contributed by atoms with Crippen molar-refractivity contribution in [2.45, 2.75) is 16.3 Å². The quantitative estimate of drug-likeness (QED) is 0.581. The number of benzene rings is 3. The fourth-order valence-electron chi connectivity index (χ4n) is 3.28. The molecule has 0 aliphatic carbocycles. The molecule has 0 saturated carbocycles. The Morgan fingerprint density at radius 2 is 1.83 bits per heavy atom. The standard InChI is InChI=1S/C22H16ClNO4S/c1-28-22(26)15-9-10-20-18(12-15)24(13-14-5-4-6-16(23)11-14)21(25)17-7-2-3-8-19(17)29(20)27/h2-12H,13H2,1H3. The number of rotatable bonds is 3. The maximum atomic E-state index is 13.4. The van der Waals surface area contributed by atoms with Crippen molar-refractivity contribution in [3.05, 3.63) is 88.4 Å². The van der Waals surface area contributed by atoms with Crippen molar-refractivity contribution >= 4 is 40.0 Å². The van der Waals surface area contributed by atoms with Gasteiger partial charge in [-0.2, -0.15) is 0 Å². The molecule has 0 spiro atoms. The van der Waals surface area contributed by atoms with Crippen molar-refractivity contribution in [3.63, 3.8) is 0 Å². The molecule has 29 heavy (non-hydrogen) atoms. The second kappa shape index (κ2) is 7.81. The largest absolute Gasteiger partial charge is 0.465 e. The maximum absolute atomic E-state index is 13.4. The van der Waals surface area contributed by atoms with Crippen molar-refractivity contribution in [1.82, 2.24) is 0 Å². The predicted molar refractivity (Wildman–Crippen MR) is 111 cm³/mol. The minimum absolute atomic E-state index is 0.211. The Labute approximate surface area is 175 Å². The molecule has 7 heteroatoms. The van der Waals surface area contributed by atoms with Crippen LogP contribution in [0.4, 0.5) is 5.69 Å². The van der Waals surface area contributed by atoms with Gasteiger partial charge in [0.1, 0.15) is 0 Å². The van der Waals surface area contributed by atoms with Gasteiger partial charge in [0.15, 0.2) is 0 Å². The number of hydrogen-bond donors (Lipinski definition) is 0. The van der Waals surface area contributed by atoms with Gasteiger partial charge in [-0.25, -0.2) is 9.00 Å². The molecular weight excluding hydrogens is 410 g/mol. The first-order chi connectivity index (χ1) is 14.0. The van der Waals surface area contributed by atoms with Gasteiger partial charge in [0.2, 0.25) is 0 Å². The molecule has 4 rings (SSSR count). The molecule has 1 unspecified atom stereocenters.